The molecule has 10 rings (SSSR count). The zero-order valence-corrected chi connectivity index (χ0v) is 27.4. The Morgan fingerprint density at radius 3 is 1.88 bits per heavy atom. The van der Waals surface area contributed by atoms with Gasteiger partial charge in [0.25, 0.3) is 0 Å². The van der Waals surface area contributed by atoms with Crippen molar-refractivity contribution >= 4 is 54.9 Å². The van der Waals surface area contributed by atoms with Crippen molar-refractivity contribution in [3.05, 3.63) is 169 Å². The van der Waals surface area contributed by atoms with E-state index in [-0.39, 0.29) is 5.41 Å². The van der Waals surface area contributed by atoms with Crippen LogP contribution < -0.4 is 5.32 Å². The predicted molar refractivity (Wildman–Crippen MR) is 207 cm³/mol. The van der Waals surface area contributed by atoms with Crippen LogP contribution in [-0.2, 0) is 5.41 Å². The van der Waals surface area contributed by atoms with Crippen LogP contribution in [0.2, 0.25) is 0 Å². The summed E-state index contributed by atoms with van der Waals surface area (Å²) in [4.78, 5) is 0. The summed E-state index contributed by atoms with van der Waals surface area (Å²) in [7, 11) is 0. The van der Waals surface area contributed by atoms with Gasteiger partial charge in [-0.1, -0.05) is 129 Å². The fourth-order valence-electron chi connectivity index (χ4n) is 8.13. The molecule has 1 aromatic heterocycles. The number of benzene rings is 8. The van der Waals surface area contributed by atoms with Gasteiger partial charge in [-0.15, -0.1) is 0 Å². The molecule has 0 atom stereocenters. The van der Waals surface area contributed by atoms with E-state index in [9.17, 15) is 0 Å². The molecule has 9 aromatic rings. The third-order valence-electron chi connectivity index (χ3n) is 10.6. The number of hydrogen-bond acceptors (Lipinski definition) is 2. The van der Waals surface area contributed by atoms with Crippen LogP contribution >= 0.6 is 0 Å². The van der Waals surface area contributed by atoms with Crippen molar-refractivity contribution in [1.82, 2.24) is 0 Å². The topological polar surface area (TPSA) is 25.2 Å². The van der Waals surface area contributed by atoms with Gasteiger partial charge in [0, 0.05) is 33.1 Å². The number of anilines is 2. The summed E-state index contributed by atoms with van der Waals surface area (Å²) in [5.74, 6) is 0. The number of hydrogen-bond donors (Lipinski definition) is 1. The minimum atomic E-state index is -0.101. The fourth-order valence-corrected chi connectivity index (χ4v) is 8.13. The van der Waals surface area contributed by atoms with Crippen LogP contribution in [-0.4, -0.2) is 0 Å². The highest BCUT2D eigenvalue weighted by atomic mass is 16.3. The van der Waals surface area contributed by atoms with Crippen LogP contribution in [0, 0.1) is 0 Å². The van der Waals surface area contributed by atoms with E-state index >= 15 is 0 Å². The highest BCUT2D eigenvalue weighted by Gasteiger charge is 2.35. The minimum absolute atomic E-state index is 0.101. The molecule has 49 heavy (non-hydrogen) atoms. The molecule has 0 aliphatic heterocycles. The summed E-state index contributed by atoms with van der Waals surface area (Å²) in [6, 6.07) is 56.9. The van der Waals surface area contributed by atoms with E-state index in [0.717, 1.165) is 33.7 Å². The SMILES string of the molecule is CC1(C)c2cc(Nc3ccc(-c4cc5ccccc5c5c4oc4ccc6ccccc6c45)cc3)ccc2-c2ccc(-c3ccccc3)cc21. The molecule has 1 aliphatic rings. The van der Waals surface area contributed by atoms with Crippen LogP contribution in [0.3, 0.4) is 0 Å². The average molecular weight is 628 g/mol. The molecule has 0 radical (unpaired) electrons. The molecule has 0 spiro atoms. The largest absolute Gasteiger partial charge is 0.455 e. The van der Waals surface area contributed by atoms with Crippen molar-refractivity contribution in [2.24, 2.45) is 0 Å². The Bertz CT molecular complexity index is 2750. The molecular weight excluding hydrogens is 595 g/mol. The van der Waals surface area contributed by atoms with Gasteiger partial charge in [0.05, 0.1) is 0 Å². The summed E-state index contributed by atoms with van der Waals surface area (Å²) >= 11 is 0. The van der Waals surface area contributed by atoms with E-state index in [2.05, 4.69) is 177 Å². The van der Waals surface area contributed by atoms with Gasteiger partial charge < -0.3 is 9.73 Å². The Hall–Kier alpha value is -6.12. The number of rotatable bonds is 4. The molecule has 0 saturated carbocycles. The second kappa shape index (κ2) is 10.4. The lowest BCUT2D eigenvalue weighted by Gasteiger charge is -2.23. The number of nitrogens with one attached hydrogen (secondary N) is 1. The summed E-state index contributed by atoms with van der Waals surface area (Å²) in [5, 5.41) is 10.9. The van der Waals surface area contributed by atoms with Crippen molar-refractivity contribution in [2.45, 2.75) is 19.3 Å². The van der Waals surface area contributed by atoms with E-state index in [1.165, 1.54) is 65.7 Å². The molecule has 0 amide bonds. The van der Waals surface area contributed by atoms with Crippen LogP contribution in [0.5, 0.6) is 0 Å². The third-order valence-corrected chi connectivity index (χ3v) is 10.6. The number of fused-ring (bicyclic) bond motifs is 10. The molecule has 2 nitrogen and oxygen atoms in total. The highest BCUT2D eigenvalue weighted by molar-refractivity contribution is 6.28. The highest BCUT2D eigenvalue weighted by Crippen LogP contribution is 2.51. The zero-order chi connectivity index (χ0) is 32.7. The molecule has 232 valence electrons. The van der Waals surface area contributed by atoms with Gasteiger partial charge in [-0.3, -0.25) is 0 Å². The van der Waals surface area contributed by atoms with E-state index in [0.29, 0.717) is 0 Å². The van der Waals surface area contributed by atoms with Gasteiger partial charge in [-0.05, 0) is 103 Å². The first kappa shape index (κ1) is 27.9. The lowest BCUT2D eigenvalue weighted by Crippen LogP contribution is -2.15. The summed E-state index contributed by atoms with van der Waals surface area (Å²) in [6.45, 7) is 4.69. The first-order valence-electron chi connectivity index (χ1n) is 17.0. The zero-order valence-electron chi connectivity index (χ0n) is 27.4. The summed E-state index contributed by atoms with van der Waals surface area (Å²) in [5.41, 5.74) is 14.0. The molecule has 1 N–H and O–H groups in total. The van der Waals surface area contributed by atoms with Crippen molar-refractivity contribution in [3.63, 3.8) is 0 Å². The molecule has 0 saturated heterocycles. The monoisotopic (exact) mass is 627 g/mol. The van der Waals surface area contributed by atoms with Crippen LogP contribution in [0.15, 0.2) is 162 Å². The molecule has 2 heteroatoms. The van der Waals surface area contributed by atoms with Gasteiger partial charge >= 0.3 is 0 Å². The molecular formula is C47H33NO. The molecule has 8 aromatic carbocycles. The fraction of sp³-hybridized carbons (Fsp3) is 0.0638. The van der Waals surface area contributed by atoms with Crippen molar-refractivity contribution in [2.75, 3.05) is 5.32 Å². The van der Waals surface area contributed by atoms with Crippen LogP contribution in [0.4, 0.5) is 11.4 Å². The lowest BCUT2D eigenvalue weighted by atomic mass is 9.81. The normalized spacial score (nSPS) is 13.3. The maximum atomic E-state index is 6.69. The maximum Gasteiger partial charge on any atom is 0.143 e. The molecule has 0 fully saturated rings. The Morgan fingerprint density at radius 1 is 0.449 bits per heavy atom. The van der Waals surface area contributed by atoms with E-state index in [1.807, 2.05) is 0 Å². The van der Waals surface area contributed by atoms with Crippen molar-refractivity contribution in [3.8, 4) is 33.4 Å². The van der Waals surface area contributed by atoms with E-state index in [4.69, 9.17) is 4.42 Å². The third kappa shape index (κ3) is 4.27. The van der Waals surface area contributed by atoms with Crippen LogP contribution in [0.1, 0.15) is 25.0 Å². The number of furan rings is 1. The molecule has 1 aliphatic carbocycles. The first-order valence-corrected chi connectivity index (χ1v) is 17.0. The van der Waals surface area contributed by atoms with Crippen molar-refractivity contribution < 1.29 is 4.42 Å². The van der Waals surface area contributed by atoms with Gasteiger partial charge in [0.1, 0.15) is 11.2 Å². The Labute approximate surface area is 285 Å². The Balaban J connectivity index is 1.01. The average Bonchev–Trinajstić information content (AvgIpc) is 3.65. The lowest BCUT2D eigenvalue weighted by molar-refractivity contribution is 0.661. The second-order valence-corrected chi connectivity index (χ2v) is 13.8. The van der Waals surface area contributed by atoms with E-state index in [1.54, 1.807) is 0 Å². The van der Waals surface area contributed by atoms with Gasteiger partial charge in [0.15, 0.2) is 0 Å². The Kier molecular flexibility index (Phi) is 5.95. The van der Waals surface area contributed by atoms with Gasteiger partial charge in [0.2, 0.25) is 0 Å². The summed E-state index contributed by atoms with van der Waals surface area (Å²) in [6.07, 6.45) is 0. The van der Waals surface area contributed by atoms with Crippen LogP contribution in [0.25, 0.3) is 76.9 Å². The maximum absolute atomic E-state index is 6.69. The smallest absolute Gasteiger partial charge is 0.143 e. The van der Waals surface area contributed by atoms with Gasteiger partial charge in [-0.25, -0.2) is 0 Å². The van der Waals surface area contributed by atoms with Gasteiger partial charge in [-0.2, -0.15) is 0 Å². The van der Waals surface area contributed by atoms with Crippen molar-refractivity contribution in [1.29, 1.82) is 0 Å². The Morgan fingerprint density at radius 2 is 1.08 bits per heavy atom. The standard InChI is InChI=1S/C47H33NO/c1-47(2)41-27-32(29-10-4-3-5-11-29)18-23-38(41)39-24-22-35(28-42(39)47)48-34-20-16-31(17-21-34)40-26-33-13-7-9-15-37(33)45-44-36-14-8-6-12-30(36)19-25-43(44)49-46(40)45/h3-28,48H,1-2H3. The first-order chi connectivity index (χ1) is 24.0. The van der Waals surface area contributed by atoms with E-state index < -0.39 is 0 Å². The molecule has 1 heterocycles. The summed E-state index contributed by atoms with van der Waals surface area (Å²) < 4.78 is 6.69. The second-order valence-electron chi connectivity index (χ2n) is 13.8. The quantitative estimate of drug-likeness (QED) is 0.210. The molecule has 0 bridgehead atoms. The predicted octanol–water partition coefficient (Wildman–Crippen LogP) is 13.3. The molecule has 0 unspecified atom stereocenters. The minimum Gasteiger partial charge on any atom is -0.455 e.